The number of hydrogen-bond acceptors (Lipinski definition) is 1. The van der Waals surface area contributed by atoms with Gasteiger partial charge in [0, 0.05) is 0 Å². The van der Waals surface area contributed by atoms with Gasteiger partial charge in [0.2, 0.25) is 0 Å². The van der Waals surface area contributed by atoms with Gasteiger partial charge in [-0.05, 0) is 0 Å². The van der Waals surface area contributed by atoms with E-state index in [4.69, 9.17) is 15.0 Å². The van der Waals surface area contributed by atoms with Crippen molar-refractivity contribution in [2.24, 2.45) is 0 Å². The van der Waals surface area contributed by atoms with E-state index in [1.807, 2.05) is 0 Å². The Bertz CT molecular complexity index is 38.9. The standard InChI is InChI=1S/CH2O3.6Na.2O/c2-1(3)4;;;;;;;;/h(H2,2,3,4);;;;;;;;/q;6*+1;2*-2. The first-order valence-corrected chi connectivity index (χ1v) is 0.651. The summed E-state index contributed by atoms with van der Waals surface area (Å²) in [5.41, 5.74) is 0. The molecular formula is CH2Na6O5+2. The van der Waals surface area contributed by atoms with Gasteiger partial charge >= 0.3 is 183 Å². The monoisotopic (exact) mass is 232 g/mol. The van der Waals surface area contributed by atoms with Crippen LogP contribution in [0.1, 0.15) is 0 Å². The molecule has 0 bridgehead atoms. The van der Waals surface area contributed by atoms with Gasteiger partial charge in [0.15, 0.2) is 0 Å². The molecule has 12 heavy (non-hydrogen) atoms. The molecular weight excluding hydrogens is 230 g/mol. The SMILES string of the molecule is O=C(O)O.[Na+].[Na+].[Na+].[Na+].[Na+].[Na+].[O-2].[O-2]. The van der Waals surface area contributed by atoms with E-state index in [9.17, 15) is 0 Å². The Hall–Kier alpha value is 5.19. The van der Waals surface area contributed by atoms with Crippen molar-refractivity contribution in [3.8, 4) is 0 Å². The van der Waals surface area contributed by atoms with Crippen LogP contribution >= 0.6 is 0 Å². The summed E-state index contributed by atoms with van der Waals surface area (Å²) < 4.78 is 0. The van der Waals surface area contributed by atoms with Gasteiger partial charge in [-0.1, -0.05) is 0 Å². The maximum atomic E-state index is 8.56. The first-order chi connectivity index (χ1) is 1.73. The van der Waals surface area contributed by atoms with Crippen molar-refractivity contribution in [3.05, 3.63) is 0 Å². The fourth-order valence-electron chi connectivity index (χ4n) is 0. The second-order valence-corrected chi connectivity index (χ2v) is 0.283. The Labute approximate surface area is 204 Å². The average Bonchev–Trinajstić information content (AvgIpc) is 0.811. The Morgan fingerprint density at radius 1 is 0.667 bits per heavy atom. The van der Waals surface area contributed by atoms with Gasteiger partial charge in [0.1, 0.15) is 0 Å². The Morgan fingerprint density at radius 2 is 0.667 bits per heavy atom. The first-order valence-electron chi connectivity index (χ1n) is 0.651. The van der Waals surface area contributed by atoms with Crippen LogP contribution in [0.4, 0.5) is 4.79 Å². The molecule has 0 aromatic carbocycles. The van der Waals surface area contributed by atoms with E-state index in [-0.39, 0.29) is 188 Å². The molecule has 11 heteroatoms. The molecule has 0 aromatic rings. The molecule has 0 rings (SSSR count). The second kappa shape index (κ2) is 55.7. The number of hydrogen-bond donors (Lipinski definition) is 2. The quantitative estimate of drug-likeness (QED) is 0.404. The molecule has 5 nitrogen and oxygen atoms in total. The minimum atomic E-state index is -1.83. The maximum absolute atomic E-state index is 8.56. The van der Waals surface area contributed by atoms with Crippen molar-refractivity contribution in [1.82, 2.24) is 0 Å². The largest absolute Gasteiger partial charge is 2.00 e. The van der Waals surface area contributed by atoms with E-state index in [2.05, 4.69) is 0 Å². The molecule has 0 spiro atoms. The van der Waals surface area contributed by atoms with Crippen molar-refractivity contribution in [2.75, 3.05) is 0 Å². The molecule has 0 aliphatic heterocycles. The molecule has 0 aromatic heterocycles. The molecule has 0 atom stereocenters. The van der Waals surface area contributed by atoms with Crippen LogP contribution in [0.5, 0.6) is 0 Å². The predicted octanol–water partition coefficient (Wildman–Crippen LogP) is -18.0. The summed E-state index contributed by atoms with van der Waals surface area (Å²) in [6.07, 6.45) is -1.83. The maximum Gasteiger partial charge on any atom is 1.00 e. The zero-order valence-electron chi connectivity index (χ0n) is 8.62. The van der Waals surface area contributed by atoms with Crippen molar-refractivity contribution < 1.29 is 203 Å². The topological polar surface area (TPSA) is 115 Å². The summed E-state index contributed by atoms with van der Waals surface area (Å²) in [5, 5.41) is 13.9. The molecule has 0 saturated carbocycles. The van der Waals surface area contributed by atoms with Gasteiger partial charge in [-0.2, -0.15) is 0 Å². The third-order valence-corrected chi connectivity index (χ3v) is 0. The van der Waals surface area contributed by atoms with E-state index in [0.29, 0.717) is 0 Å². The minimum Gasteiger partial charge on any atom is -2.00 e. The first kappa shape index (κ1) is 67.2. The van der Waals surface area contributed by atoms with Gasteiger partial charge in [0.05, 0.1) is 0 Å². The van der Waals surface area contributed by atoms with Crippen LogP contribution in [-0.4, -0.2) is 16.4 Å². The second-order valence-electron chi connectivity index (χ2n) is 0.283. The van der Waals surface area contributed by atoms with Crippen LogP contribution < -0.4 is 177 Å². The van der Waals surface area contributed by atoms with E-state index in [1.165, 1.54) is 0 Å². The van der Waals surface area contributed by atoms with Gasteiger partial charge < -0.3 is 21.2 Å². The van der Waals surface area contributed by atoms with E-state index in [1.54, 1.807) is 0 Å². The molecule has 0 aliphatic rings. The summed E-state index contributed by atoms with van der Waals surface area (Å²) >= 11 is 0. The smallest absolute Gasteiger partial charge is 1.00 e. The molecule has 40 valence electrons. The van der Waals surface area contributed by atoms with Crippen LogP contribution in [0.25, 0.3) is 0 Å². The Morgan fingerprint density at radius 3 is 0.667 bits per heavy atom. The van der Waals surface area contributed by atoms with Crippen LogP contribution in [-0.2, 0) is 11.0 Å². The summed E-state index contributed by atoms with van der Waals surface area (Å²) in [7, 11) is 0. The predicted molar refractivity (Wildman–Crippen MR) is 12.0 cm³/mol. The van der Waals surface area contributed by atoms with Gasteiger partial charge in [0.25, 0.3) is 0 Å². The third kappa shape index (κ3) is 114. The van der Waals surface area contributed by atoms with Gasteiger partial charge in [-0.15, -0.1) is 0 Å². The number of carboxylic acid groups (broad SMARTS) is 2. The number of rotatable bonds is 0. The molecule has 0 amide bonds. The normalized spacial score (nSPS) is 2.00. The Kier molecular flexibility index (Phi) is 312. The van der Waals surface area contributed by atoms with Crippen molar-refractivity contribution >= 4 is 6.16 Å². The molecule has 2 N–H and O–H groups in total. The molecule has 0 unspecified atom stereocenters. The van der Waals surface area contributed by atoms with Crippen LogP contribution in [0, 0.1) is 0 Å². The summed E-state index contributed by atoms with van der Waals surface area (Å²) in [4.78, 5) is 8.56. The average molecular weight is 232 g/mol. The van der Waals surface area contributed by atoms with E-state index < -0.39 is 6.16 Å². The number of carbonyl (C=O) groups is 1. The summed E-state index contributed by atoms with van der Waals surface area (Å²) in [6, 6.07) is 0. The van der Waals surface area contributed by atoms with Crippen LogP contribution in [0.15, 0.2) is 0 Å². The third-order valence-electron chi connectivity index (χ3n) is 0. The van der Waals surface area contributed by atoms with Crippen LogP contribution in [0.3, 0.4) is 0 Å². The van der Waals surface area contributed by atoms with Gasteiger partial charge in [-0.25, -0.2) is 4.79 Å². The van der Waals surface area contributed by atoms with Crippen LogP contribution in [0.2, 0.25) is 0 Å². The molecule has 0 heterocycles. The summed E-state index contributed by atoms with van der Waals surface area (Å²) in [5.74, 6) is 0. The molecule has 0 saturated heterocycles. The summed E-state index contributed by atoms with van der Waals surface area (Å²) in [6.45, 7) is 0. The zero-order chi connectivity index (χ0) is 3.58. The molecule has 0 fully saturated rings. The zero-order valence-corrected chi connectivity index (χ0v) is 20.6. The van der Waals surface area contributed by atoms with Crippen molar-refractivity contribution in [2.45, 2.75) is 0 Å². The molecule has 0 radical (unpaired) electrons. The Balaban J connectivity index is -0.00000000161. The van der Waals surface area contributed by atoms with Crippen molar-refractivity contribution in [1.29, 1.82) is 0 Å². The van der Waals surface area contributed by atoms with E-state index in [0.717, 1.165) is 0 Å². The van der Waals surface area contributed by atoms with Crippen molar-refractivity contribution in [3.63, 3.8) is 0 Å². The van der Waals surface area contributed by atoms with E-state index >= 15 is 0 Å². The van der Waals surface area contributed by atoms with Gasteiger partial charge in [-0.3, -0.25) is 0 Å². The molecule has 0 aliphatic carbocycles. The minimum absolute atomic E-state index is 0. The fraction of sp³-hybridized carbons (Fsp3) is 0. The fourth-order valence-corrected chi connectivity index (χ4v) is 0.